The normalized spacial score (nSPS) is 17.7. The standard InChI is InChI=1S/C14H18INO2/c1-14(6-2-3-7-14)9-16-13(18)10-4-5-11(15)12(17)8-10/h4-5,8,17H,2-3,6-7,9H2,1H3,(H,16,18). The van der Waals surface area contributed by atoms with E-state index >= 15 is 0 Å². The number of aromatic hydroxyl groups is 1. The summed E-state index contributed by atoms with van der Waals surface area (Å²) in [4.78, 5) is 12.0. The van der Waals surface area contributed by atoms with Crippen molar-refractivity contribution in [3.63, 3.8) is 0 Å². The van der Waals surface area contributed by atoms with Crippen LogP contribution in [-0.2, 0) is 0 Å². The molecular weight excluding hydrogens is 341 g/mol. The highest BCUT2D eigenvalue weighted by Crippen LogP contribution is 2.36. The Morgan fingerprint density at radius 3 is 2.72 bits per heavy atom. The molecule has 4 heteroatoms. The maximum absolute atomic E-state index is 12.0. The monoisotopic (exact) mass is 359 g/mol. The van der Waals surface area contributed by atoms with Crippen LogP contribution in [0.5, 0.6) is 5.75 Å². The lowest BCUT2D eigenvalue weighted by Crippen LogP contribution is -2.34. The Bertz CT molecular complexity index is 453. The summed E-state index contributed by atoms with van der Waals surface area (Å²) >= 11 is 2.04. The second kappa shape index (κ2) is 5.47. The van der Waals surface area contributed by atoms with Crippen LogP contribution in [0.25, 0.3) is 0 Å². The van der Waals surface area contributed by atoms with Gasteiger partial charge in [0.15, 0.2) is 0 Å². The van der Waals surface area contributed by atoms with E-state index in [4.69, 9.17) is 0 Å². The zero-order chi connectivity index (χ0) is 13.2. The summed E-state index contributed by atoms with van der Waals surface area (Å²) in [5.74, 6) is 0.0603. The van der Waals surface area contributed by atoms with Crippen LogP contribution in [-0.4, -0.2) is 17.6 Å². The van der Waals surface area contributed by atoms with Gasteiger partial charge in [-0.3, -0.25) is 4.79 Å². The molecule has 98 valence electrons. The van der Waals surface area contributed by atoms with Gasteiger partial charge >= 0.3 is 0 Å². The topological polar surface area (TPSA) is 49.3 Å². The first-order chi connectivity index (χ1) is 8.50. The third kappa shape index (κ3) is 3.16. The molecule has 2 N–H and O–H groups in total. The first-order valence-electron chi connectivity index (χ1n) is 6.27. The largest absolute Gasteiger partial charge is 0.507 e. The molecular formula is C14H18INO2. The van der Waals surface area contributed by atoms with E-state index in [1.54, 1.807) is 12.1 Å². The Morgan fingerprint density at radius 2 is 2.11 bits per heavy atom. The SMILES string of the molecule is CC1(CNC(=O)c2ccc(I)c(O)c2)CCCC1. The minimum atomic E-state index is -0.102. The Morgan fingerprint density at radius 1 is 1.44 bits per heavy atom. The average molecular weight is 359 g/mol. The van der Waals surface area contributed by atoms with Crippen LogP contribution in [0, 0.1) is 8.99 Å². The molecule has 0 saturated heterocycles. The summed E-state index contributed by atoms with van der Waals surface area (Å²) in [6, 6.07) is 5.02. The Labute approximate surface area is 121 Å². The number of hydrogen-bond donors (Lipinski definition) is 2. The van der Waals surface area contributed by atoms with Crippen LogP contribution in [0.2, 0.25) is 0 Å². The van der Waals surface area contributed by atoms with Crippen molar-refractivity contribution in [2.24, 2.45) is 5.41 Å². The lowest BCUT2D eigenvalue weighted by Gasteiger charge is -2.23. The molecule has 0 unspecified atom stereocenters. The van der Waals surface area contributed by atoms with Crippen LogP contribution < -0.4 is 5.32 Å². The van der Waals surface area contributed by atoms with E-state index in [0.717, 1.165) is 10.1 Å². The lowest BCUT2D eigenvalue weighted by molar-refractivity contribution is 0.0934. The molecule has 2 rings (SSSR count). The van der Waals surface area contributed by atoms with Gasteiger partial charge in [0.05, 0.1) is 3.57 Å². The lowest BCUT2D eigenvalue weighted by atomic mass is 9.89. The Balaban J connectivity index is 1.97. The second-order valence-electron chi connectivity index (χ2n) is 5.37. The van der Waals surface area contributed by atoms with Gasteiger partial charge < -0.3 is 10.4 Å². The second-order valence-corrected chi connectivity index (χ2v) is 6.53. The molecule has 0 bridgehead atoms. The van der Waals surface area contributed by atoms with E-state index < -0.39 is 0 Å². The Kier molecular flexibility index (Phi) is 4.14. The maximum Gasteiger partial charge on any atom is 0.251 e. The number of amides is 1. The molecule has 0 heterocycles. The number of hydrogen-bond acceptors (Lipinski definition) is 2. The van der Waals surface area contributed by atoms with Gasteiger partial charge in [-0.2, -0.15) is 0 Å². The maximum atomic E-state index is 12.0. The van der Waals surface area contributed by atoms with Gasteiger partial charge in [0.2, 0.25) is 0 Å². The van der Waals surface area contributed by atoms with Crippen LogP contribution in [0.3, 0.4) is 0 Å². The van der Waals surface area contributed by atoms with E-state index in [1.807, 2.05) is 22.6 Å². The third-order valence-electron chi connectivity index (χ3n) is 3.69. The van der Waals surface area contributed by atoms with Crippen molar-refractivity contribution in [2.45, 2.75) is 32.6 Å². The molecule has 1 aromatic rings. The number of carbonyl (C=O) groups excluding carboxylic acids is 1. The highest BCUT2D eigenvalue weighted by molar-refractivity contribution is 14.1. The zero-order valence-corrected chi connectivity index (χ0v) is 12.7. The Hall–Kier alpha value is -0.780. The minimum Gasteiger partial charge on any atom is -0.507 e. The summed E-state index contributed by atoms with van der Waals surface area (Å²) in [6.45, 7) is 2.95. The minimum absolute atomic E-state index is 0.102. The van der Waals surface area contributed by atoms with Gasteiger partial charge in [-0.25, -0.2) is 0 Å². The molecule has 1 saturated carbocycles. The molecule has 1 aliphatic rings. The molecule has 1 amide bonds. The molecule has 0 atom stereocenters. The number of halogens is 1. The van der Waals surface area contributed by atoms with Crippen molar-refractivity contribution in [3.05, 3.63) is 27.3 Å². The fourth-order valence-electron chi connectivity index (χ4n) is 2.45. The molecule has 3 nitrogen and oxygen atoms in total. The molecule has 1 fully saturated rings. The molecule has 18 heavy (non-hydrogen) atoms. The first kappa shape index (κ1) is 13.6. The molecule has 0 aliphatic heterocycles. The predicted octanol–water partition coefficient (Wildman–Crippen LogP) is 3.31. The summed E-state index contributed by atoms with van der Waals surface area (Å²) in [5, 5.41) is 12.6. The average Bonchev–Trinajstić information content (AvgIpc) is 2.77. The number of phenolic OH excluding ortho intramolecular Hbond substituents is 1. The van der Waals surface area contributed by atoms with Gasteiger partial charge in [-0.05, 0) is 59.0 Å². The zero-order valence-electron chi connectivity index (χ0n) is 10.5. The van der Waals surface area contributed by atoms with E-state index in [0.29, 0.717) is 5.56 Å². The smallest absolute Gasteiger partial charge is 0.251 e. The third-order valence-corrected chi connectivity index (χ3v) is 4.61. The van der Waals surface area contributed by atoms with Crippen LogP contribution in [0.1, 0.15) is 43.0 Å². The number of phenols is 1. The van der Waals surface area contributed by atoms with E-state index in [9.17, 15) is 9.90 Å². The van der Waals surface area contributed by atoms with Crippen molar-refractivity contribution in [2.75, 3.05) is 6.54 Å². The number of benzene rings is 1. The van der Waals surface area contributed by atoms with Gasteiger partial charge in [-0.15, -0.1) is 0 Å². The summed E-state index contributed by atoms with van der Waals surface area (Å²) in [7, 11) is 0. The van der Waals surface area contributed by atoms with Gasteiger partial charge in [0, 0.05) is 12.1 Å². The van der Waals surface area contributed by atoms with Gasteiger partial charge in [-0.1, -0.05) is 19.8 Å². The quantitative estimate of drug-likeness (QED) is 0.814. The summed E-state index contributed by atoms with van der Waals surface area (Å²) in [6.07, 6.45) is 4.89. The van der Waals surface area contributed by atoms with Crippen LogP contribution in [0.15, 0.2) is 18.2 Å². The molecule has 1 aliphatic carbocycles. The van der Waals surface area contributed by atoms with Gasteiger partial charge in [0.1, 0.15) is 5.75 Å². The van der Waals surface area contributed by atoms with E-state index in [1.165, 1.54) is 31.7 Å². The van der Waals surface area contributed by atoms with Crippen molar-refractivity contribution in [1.82, 2.24) is 5.32 Å². The van der Waals surface area contributed by atoms with Gasteiger partial charge in [0.25, 0.3) is 5.91 Å². The first-order valence-corrected chi connectivity index (χ1v) is 7.35. The fourth-order valence-corrected chi connectivity index (χ4v) is 2.79. The van der Waals surface area contributed by atoms with Crippen molar-refractivity contribution >= 4 is 28.5 Å². The summed E-state index contributed by atoms with van der Waals surface area (Å²) in [5.41, 5.74) is 0.774. The van der Waals surface area contributed by atoms with E-state index in [2.05, 4.69) is 12.2 Å². The number of rotatable bonds is 3. The predicted molar refractivity (Wildman–Crippen MR) is 79.7 cm³/mol. The summed E-state index contributed by atoms with van der Waals surface area (Å²) < 4.78 is 0.756. The number of carbonyl (C=O) groups is 1. The van der Waals surface area contributed by atoms with Crippen molar-refractivity contribution in [3.8, 4) is 5.75 Å². The van der Waals surface area contributed by atoms with Crippen LogP contribution in [0.4, 0.5) is 0 Å². The van der Waals surface area contributed by atoms with Crippen LogP contribution >= 0.6 is 22.6 Å². The van der Waals surface area contributed by atoms with Crippen molar-refractivity contribution < 1.29 is 9.90 Å². The highest BCUT2D eigenvalue weighted by atomic mass is 127. The highest BCUT2D eigenvalue weighted by Gasteiger charge is 2.28. The van der Waals surface area contributed by atoms with E-state index in [-0.39, 0.29) is 17.1 Å². The molecule has 0 radical (unpaired) electrons. The van der Waals surface area contributed by atoms with Crippen molar-refractivity contribution in [1.29, 1.82) is 0 Å². The molecule has 1 aromatic carbocycles. The number of nitrogens with one attached hydrogen (secondary N) is 1. The molecule has 0 spiro atoms. The molecule has 0 aromatic heterocycles. The fraction of sp³-hybridized carbons (Fsp3) is 0.500.